The summed E-state index contributed by atoms with van der Waals surface area (Å²) in [5, 5.41) is 9.11. The number of carbonyl (C=O) groups excluding carboxylic acids is 1. The summed E-state index contributed by atoms with van der Waals surface area (Å²) in [6.07, 6.45) is 1.12. The average Bonchev–Trinajstić information content (AvgIpc) is 2.72. The standard InChI is InChI=1S/C15H20FNO2/c1-3-11-8-17(7-10(11)2)9-15(19)12-4-5-14(18)13(16)6-12/h4-6,10-11,18H,3,7-9H2,1-2H3/t10-,11+/m0/s1. The summed E-state index contributed by atoms with van der Waals surface area (Å²) >= 11 is 0. The molecule has 3 nitrogen and oxygen atoms in total. The van der Waals surface area contributed by atoms with Gasteiger partial charge >= 0.3 is 0 Å². The van der Waals surface area contributed by atoms with Crippen molar-refractivity contribution in [3.63, 3.8) is 0 Å². The molecule has 1 fully saturated rings. The molecule has 0 unspecified atom stereocenters. The third-order valence-corrected chi connectivity index (χ3v) is 4.00. The fraction of sp³-hybridized carbons (Fsp3) is 0.533. The summed E-state index contributed by atoms with van der Waals surface area (Å²) < 4.78 is 13.2. The van der Waals surface area contributed by atoms with Crippen molar-refractivity contribution >= 4 is 5.78 Å². The maximum Gasteiger partial charge on any atom is 0.176 e. The Bertz CT molecular complexity index is 475. The van der Waals surface area contributed by atoms with Crippen LogP contribution in [-0.2, 0) is 0 Å². The summed E-state index contributed by atoms with van der Waals surface area (Å²) in [6.45, 7) is 6.56. The Kier molecular flexibility index (Phi) is 4.20. The predicted molar refractivity (Wildman–Crippen MR) is 71.8 cm³/mol. The van der Waals surface area contributed by atoms with Crippen LogP contribution >= 0.6 is 0 Å². The first kappa shape index (κ1) is 14.0. The quantitative estimate of drug-likeness (QED) is 0.851. The van der Waals surface area contributed by atoms with Gasteiger partial charge in [0, 0.05) is 18.7 Å². The minimum atomic E-state index is -0.743. The van der Waals surface area contributed by atoms with Crippen LogP contribution in [-0.4, -0.2) is 35.4 Å². The monoisotopic (exact) mass is 265 g/mol. The van der Waals surface area contributed by atoms with Crippen molar-refractivity contribution in [2.24, 2.45) is 11.8 Å². The molecule has 19 heavy (non-hydrogen) atoms. The van der Waals surface area contributed by atoms with E-state index in [1.54, 1.807) is 0 Å². The van der Waals surface area contributed by atoms with Crippen LogP contribution in [0.25, 0.3) is 0 Å². The van der Waals surface area contributed by atoms with Crippen molar-refractivity contribution in [2.75, 3.05) is 19.6 Å². The normalized spacial score (nSPS) is 23.7. The highest BCUT2D eigenvalue weighted by Gasteiger charge is 2.29. The van der Waals surface area contributed by atoms with E-state index in [1.807, 2.05) is 0 Å². The molecule has 1 aliphatic heterocycles. The topological polar surface area (TPSA) is 40.5 Å². The molecule has 1 aromatic carbocycles. The fourth-order valence-corrected chi connectivity index (χ4v) is 2.78. The number of ketones is 1. The second-order valence-corrected chi connectivity index (χ2v) is 5.43. The van der Waals surface area contributed by atoms with Crippen molar-refractivity contribution in [1.82, 2.24) is 4.90 Å². The van der Waals surface area contributed by atoms with Gasteiger partial charge in [-0.3, -0.25) is 9.69 Å². The molecule has 0 spiro atoms. The molecule has 2 atom stereocenters. The van der Waals surface area contributed by atoms with Crippen LogP contribution in [0.3, 0.4) is 0 Å². The molecule has 1 heterocycles. The smallest absolute Gasteiger partial charge is 0.176 e. The Hall–Kier alpha value is -1.42. The number of phenols is 1. The van der Waals surface area contributed by atoms with Gasteiger partial charge in [-0.05, 0) is 30.0 Å². The van der Waals surface area contributed by atoms with Gasteiger partial charge in [0.25, 0.3) is 0 Å². The third-order valence-electron chi connectivity index (χ3n) is 4.00. The molecule has 1 saturated heterocycles. The lowest BCUT2D eigenvalue weighted by atomic mass is 9.96. The van der Waals surface area contributed by atoms with Gasteiger partial charge in [0.1, 0.15) is 0 Å². The maximum absolute atomic E-state index is 13.2. The van der Waals surface area contributed by atoms with E-state index in [2.05, 4.69) is 18.7 Å². The number of rotatable bonds is 4. The highest BCUT2D eigenvalue weighted by atomic mass is 19.1. The molecule has 0 aliphatic carbocycles. The van der Waals surface area contributed by atoms with E-state index >= 15 is 0 Å². The van der Waals surface area contributed by atoms with Crippen LogP contribution in [0, 0.1) is 17.7 Å². The van der Waals surface area contributed by atoms with Gasteiger partial charge in [-0.25, -0.2) is 4.39 Å². The number of benzene rings is 1. The summed E-state index contributed by atoms with van der Waals surface area (Å²) in [7, 11) is 0. The van der Waals surface area contributed by atoms with Crippen LogP contribution < -0.4 is 0 Å². The van der Waals surface area contributed by atoms with E-state index in [0.29, 0.717) is 23.9 Å². The number of nitrogens with zero attached hydrogens (tertiary/aromatic N) is 1. The van der Waals surface area contributed by atoms with Gasteiger partial charge in [-0.15, -0.1) is 0 Å². The molecule has 1 aliphatic rings. The number of hydrogen-bond acceptors (Lipinski definition) is 3. The Labute approximate surface area is 113 Å². The number of phenolic OH excluding ortho intramolecular Hbond substituents is 1. The van der Waals surface area contributed by atoms with Crippen LogP contribution in [0.15, 0.2) is 18.2 Å². The van der Waals surface area contributed by atoms with Gasteiger partial charge < -0.3 is 5.11 Å². The van der Waals surface area contributed by atoms with E-state index < -0.39 is 11.6 Å². The molecule has 1 N–H and O–H groups in total. The molecule has 2 rings (SSSR count). The second-order valence-electron chi connectivity index (χ2n) is 5.43. The Balaban J connectivity index is 2.00. The zero-order valence-corrected chi connectivity index (χ0v) is 11.4. The molecule has 0 aromatic heterocycles. The lowest BCUT2D eigenvalue weighted by molar-refractivity contribution is 0.0942. The molecule has 0 amide bonds. The molecule has 4 heteroatoms. The fourth-order valence-electron chi connectivity index (χ4n) is 2.78. The van der Waals surface area contributed by atoms with Gasteiger partial charge in [-0.2, -0.15) is 0 Å². The Morgan fingerprint density at radius 2 is 2.21 bits per heavy atom. The number of Topliss-reactive ketones (excluding diaryl/α,β-unsaturated/α-hetero) is 1. The molecule has 0 radical (unpaired) electrons. The van der Waals surface area contributed by atoms with Crippen LogP contribution in [0.2, 0.25) is 0 Å². The molecule has 1 aromatic rings. The van der Waals surface area contributed by atoms with Crippen molar-refractivity contribution in [1.29, 1.82) is 0 Å². The zero-order chi connectivity index (χ0) is 14.0. The first-order chi connectivity index (χ1) is 9.01. The summed E-state index contributed by atoms with van der Waals surface area (Å²) in [4.78, 5) is 14.2. The minimum Gasteiger partial charge on any atom is -0.505 e. The number of hydrogen-bond donors (Lipinski definition) is 1. The first-order valence-electron chi connectivity index (χ1n) is 6.75. The lowest BCUT2D eigenvalue weighted by Crippen LogP contribution is -2.28. The highest BCUT2D eigenvalue weighted by Crippen LogP contribution is 2.25. The molecule has 0 saturated carbocycles. The number of aromatic hydroxyl groups is 1. The van der Waals surface area contributed by atoms with Gasteiger partial charge in [0.2, 0.25) is 0 Å². The van der Waals surface area contributed by atoms with Crippen LogP contribution in [0.1, 0.15) is 30.6 Å². The molecular weight excluding hydrogens is 245 g/mol. The third kappa shape index (κ3) is 3.13. The summed E-state index contributed by atoms with van der Waals surface area (Å²) in [5.41, 5.74) is 0.322. The van der Waals surface area contributed by atoms with Crippen molar-refractivity contribution < 1.29 is 14.3 Å². The largest absolute Gasteiger partial charge is 0.505 e. The molecular formula is C15H20FNO2. The van der Waals surface area contributed by atoms with E-state index in [1.165, 1.54) is 12.1 Å². The van der Waals surface area contributed by atoms with Crippen LogP contribution in [0.4, 0.5) is 4.39 Å². The first-order valence-corrected chi connectivity index (χ1v) is 6.75. The van der Waals surface area contributed by atoms with E-state index in [9.17, 15) is 9.18 Å². The van der Waals surface area contributed by atoms with E-state index in [0.717, 1.165) is 25.6 Å². The van der Waals surface area contributed by atoms with Crippen molar-refractivity contribution in [2.45, 2.75) is 20.3 Å². The van der Waals surface area contributed by atoms with Crippen molar-refractivity contribution in [3.8, 4) is 5.75 Å². The maximum atomic E-state index is 13.2. The van der Waals surface area contributed by atoms with Crippen molar-refractivity contribution in [3.05, 3.63) is 29.6 Å². The average molecular weight is 265 g/mol. The number of likely N-dealkylation sites (tertiary alicyclic amines) is 1. The second kappa shape index (κ2) is 5.70. The predicted octanol–water partition coefficient (Wildman–Crippen LogP) is 2.69. The van der Waals surface area contributed by atoms with E-state index in [4.69, 9.17) is 5.11 Å². The van der Waals surface area contributed by atoms with Gasteiger partial charge in [0.15, 0.2) is 17.3 Å². The Morgan fingerprint density at radius 3 is 2.79 bits per heavy atom. The highest BCUT2D eigenvalue weighted by molar-refractivity contribution is 5.97. The van der Waals surface area contributed by atoms with Gasteiger partial charge in [0.05, 0.1) is 6.54 Å². The molecule has 0 bridgehead atoms. The van der Waals surface area contributed by atoms with Crippen LogP contribution in [0.5, 0.6) is 5.75 Å². The van der Waals surface area contributed by atoms with Gasteiger partial charge in [-0.1, -0.05) is 20.3 Å². The number of carbonyl (C=O) groups is 1. The summed E-state index contributed by atoms with van der Waals surface area (Å²) in [6, 6.07) is 3.80. The van der Waals surface area contributed by atoms with E-state index in [-0.39, 0.29) is 5.78 Å². The Morgan fingerprint density at radius 1 is 1.47 bits per heavy atom. The lowest BCUT2D eigenvalue weighted by Gasteiger charge is -2.14. The number of halogens is 1. The SMILES string of the molecule is CC[C@@H]1CN(CC(=O)c2ccc(O)c(F)c2)C[C@@H]1C. The summed E-state index contributed by atoms with van der Waals surface area (Å²) in [5.74, 6) is -0.00831. The zero-order valence-electron chi connectivity index (χ0n) is 11.4. The molecule has 104 valence electrons. The minimum absolute atomic E-state index is 0.0946.